The normalized spacial score (nSPS) is 15.5. The van der Waals surface area contributed by atoms with Gasteiger partial charge in [-0.2, -0.15) is 4.98 Å². The number of H-pyrrole nitrogens is 1. The quantitative estimate of drug-likeness (QED) is 0.577. The number of fused-ring (bicyclic) bond motifs is 1. The summed E-state index contributed by atoms with van der Waals surface area (Å²) in [5.41, 5.74) is 1.95. The zero-order valence-electron chi connectivity index (χ0n) is 13.7. The van der Waals surface area contributed by atoms with Crippen molar-refractivity contribution in [2.24, 2.45) is 5.92 Å². The van der Waals surface area contributed by atoms with Gasteiger partial charge in [0.1, 0.15) is 5.82 Å². The number of nitrogens with one attached hydrogen (secondary N) is 2. The molecule has 0 spiro atoms. The summed E-state index contributed by atoms with van der Waals surface area (Å²) < 4.78 is 0. The summed E-state index contributed by atoms with van der Waals surface area (Å²) in [6.45, 7) is 6.51. The van der Waals surface area contributed by atoms with Crippen LogP contribution in [0.15, 0.2) is 17.4 Å². The molecule has 0 aliphatic heterocycles. The van der Waals surface area contributed by atoms with Crippen molar-refractivity contribution in [1.82, 2.24) is 9.97 Å². The average molecular weight is 337 g/mol. The summed E-state index contributed by atoms with van der Waals surface area (Å²) >= 11 is 0. The van der Waals surface area contributed by atoms with E-state index < -0.39 is 11.9 Å². The number of carbonyl (C=O) groups is 2. The summed E-state index contributed by atoms with van der Waals surface area (Å²) in [6, 6.07) is 0. The molecule has 0 amide bonds. The Bertz CT molecular complexity index is 640. The molecule has 1 atom stereocenters. The van der Waals surface area contributed by atoms with Crippen LogP contribution in [0.3, 0.4) is 0 Å². The number of rotatable bonds is 6. The summed E-state index contributed by atoms with van der Waals surface area (Å²) in [5, 5.41) is 18.9. The maximum atomic E-state index is 11.4. The van der Waals surface area contributed by atoms with Crippen LogP contribution in [0.4, 0.5) is 5.82 Å². The number of aliphatic carboxylic acids is 2. The summed E-state index contributed by atoms with van der Waals surface area (Å²) in [4.78, 5) is 37.5. The second kappa shape index (κ2) is 9.49. The lowest BCUT2D eigenvalue weighted by atomic mass is 9.88. The molecule has 0 aromatic carbocycles. The standard InChI is InChI=1S/C12H17N3O.C4H6O4/c1-3-6-13-11-9-7-8(2)4-5-10(9)14-12(16)15-11;5-3(6)1-2-4(7)8/h3,8H,1,4-7H2,2H3,(H2,13,14,15,16);1-2H2,(H,5,6)(H,7,8). The monoisotopic (exact) mass is 337 g/mol. The molecule has 0 radical (unpaired) electrons. The van der Waals surface area contributed by atoms with Crippen molar-refractivity contribution in [3.8, 4) is 0 Å². The number of hydrogen-bond acceptors (Lipinski definition) is 5. The number of aromatic nitrogens is 2. The number of aromatic amines is 1. The molecule has 1 heterocycles. The number of anilines is 1. The van der Waals surface area contributed by atoms with E-state index >= 15 is 0 Å². The molecule has 24 heavy (non-hydrogen) atoms. The predicted octanol–water partition coefficient (Wildman–Crippen LogP) is 1.43. The van der Waals surface area contributed by atoms with Gasteiger partial charge in [-0.25, -0.2) is 4.79 Å². The smallest absolute Gasteiger partial charge is 0.347 e. The van der Waals surface area contributed by atoms with Gasteiger partial charge in [-0.1, -0.05) is 13.0 Å². The first-order valence-electron chi connectivity index (χ1n) is 7.73. The average Bonchev–Trinajstić information content (AvgIpc) is 2.51. The minimum absolute atomic E-state index is 0.264. The molecule has 4 N–H and O–H groups in total. The summed E-state index contributed by atoms with van der Waals surface area (Å²) in [7, 11) is 0. The third kappa shape index (κ3) is 6.64. The second-order valence-corrected chi connectivity index (χ2v) is 5.65. The highest BCUT2D eigenvalue weighted by molar-refractivity contribution is 5.75. The Morgan fingerprint density at radius 1 is 1.38 bits per heavy atom. The first-order chi connectivity index (χ1) is 11.3. The van der Waals surface area contributed by atoms with Gasteiger partial charge in [-0.15, -0.1) is 6.58 Å². The molecular weight excluding hydrogens is 314 g/mol. The molecule has 1 aliphatic rings. The van der Waals surface area contributed by atoms with Gasteiger partial charge in [0.05, 0.1) is 12.8 Å². The van der Waals surface area contributed by atoms with Crippen LogP contribution in [-0.4, -0.2) is 38.7 Å². The fraction of sp³-hybridized carbons (Fsp3) is 0.500. The minimum atomic E-state index is -1.08. The van der Waals surface area contributed by atoms with Gasteiger partial charge in [0.2, 0.25) is 0 Å². The molecule has 2 rings (SSSR count). The van der Waals surface area contributed by atoms with Gasteiger partial charge < -0.3 is 20.5 Å². The van der Waals surface area contributed by atoms with Gasteiger partial charge in [-0.05, 0) is 25.2 Å². The van der Waals surface area contributed by atoms with Crippen LogP contribution in [0.1, 0.15) is 37.4 Å². The van der Waals surface area contributed by atoms with Crippen LogP contribution in [0.2, 0.25) is 0 Å². The van der Waals surface area contributed by atoms with Gasteiger partial charge in [0, 0.05) is 17.8 Å². The Morgan fingerprint density at radius 2 is 2.00 bits per heavy atom. The van der Waals surface area contributed by atoms with Gasteiger partial charge in [-0.3, -0.25) is 9.59 Å². The molecule has 0 saturated carbocycles. The fourth-order valence-corrected chi connectivity index (χ4v) is 2.35. The lowest BCUT2D eigenvalue weighted by Gasteiger charge is -2.22. The van der Waals surface area contributed by atoms with Gasteiger partial charge in [0.25, 0.3) is 0 Å². The lowest BCUT2D eigenvalue weighted by Crippen LogP contribution is -2.24. The Morgan fingerprint density at radius 3 is 2.54 bits per heavy atom. The number of aryl methyl sites for hydroxylation is 1. The Hall–Kier alpha value is -2.64. The van der Waals surface area contributed by atoms with E-state index in [2.05, 4.69) is 28.8 Å². The molecule has 8 nitrogen and oxygen atoms in total. The van der Waals surface area contributed by atoms with Crippen LogP contribution < -0.4 is 11.0 Å². The van der Waals surface area contributed by atoms with E-state index in [9.17, 15) is 14.4 Å². The molecule has 0 fully saturated rings. The van der Waals surface area contributed by atoms with Crippen molar-refractivity contribution in [2.45, 2.75) is 39.0 Å². The zero-order valence-corrected chi connectivity index (χ0v) is 13.7. The number of nitrogens with zero attached hydrogens (tertiary/aromatic N) is 1. The van der Waals surface area contributed by atoms with Crippen LogP contribution in [0.5, 0.6) is 0 Å². The lowest BCUT2D eigenvalue weighted by molar-refractivity contribution is -0.143. The van der Waals surface area contributed by atoms with E-state index in [1.807, 2.05) is 0 Å². The van der Waals surface area contributed by atoms with Crippen molar-refractivity contribution in [3.63, 3.8) is 0 Å². The summed E-state index contributed by atoms with van der Waals surface area (Å²) in [6.07, 6.45) is 4.23. The van der Waals surface area contributed by atoms with Gasteiger partial charge >= 0.3 is 17.6 Å². The van der Waals surface area contributed by atoms with Crippen LogP contribution in [0.25, 0.3) is 0 Å². The highest BCUT2D eigenvalue weighted by Crippen LogP contribution is 2.26. The van der Waals surface area contributed by atoms with Gasteiger partial charge in [0.15, 0.2) is 0 Å². The van der Waals surface area contributed by atoms with Crippen molar-refractivity contribution in [2.75, 3.05) is 11.9 Å². The maximum Gasteiger partial charge on any atom is 0.347 e. The number of carboxylic acids is 2. The molecule has 0 bridgehead atoms. The van der Waals surface area contributed by atoms with Crippen LogP contribution in [-0.2, 0) is 22.4 Å². The molecular formula is C16H23N3O5. The fourth-order valence-electron chi connectivity index (χ4n) is 2.35. The van der Waals surface area contributed by atoms with Crippen LogP contribution >= 0.6 is 0 Å². The Balaban J connectivity index is 0.000000307. The minimum Gasteiger partial charge on any atom is -0.481 e. The molecule has 0 saturated heterocycles. The maximum absolute atomic E-state index is 11.4. The molecule has 132 valence electrons. The topological polar surface area (TPSA) is 132 Å². The SMILES string of the molecule is C=CCNc1nc(=O)[nH]c2c1CC(C)CC2.O=C(O)CCC(=O)O. The Kier molecular flexibility index (Phi) is 7.67. The summed E-state index contributed by atoms with van der Waals surface area (Å²) in [5.74, 6) is -0.769. The van der Waals surface area contributed by atoms with Crippen molar-refractivity contribution >= 4 is 17.8 Å². The highest BCUT2D eigenvalue weighted by Gasteiger charge is 2.20. The molecule has 8 heteroatoms. The molecule has 1 unspecified atom stereocenters. The molecule has 1 aliphatic carbocycles. The van der Waals surface area contributed by atoms with Crippen molar-refractivity contribution in [1.29, 1.82) is 0 Å². The van der Waals surface area contributed by atoms with Crippen molar-refractivity contribution < 1.29 is 19.8 Å². The first-order valence-corrected chi connectivity index (χ1v) is 7.73. The van der Waals surface area contributed by atoms with E-state index in [1.165, 1.54) is 5.56 Å². The number of hydrogen-bond donors (Lipinski definition) is 4. The molecule has 1 aromatic heterocycles. The molecule has 1 aromatic rings. The Labute approximate surface area is 139 Å². The van der Waals surface area contributed by atoms with Crippen LogP contribution in [0, 0.1) is 5.92 Å². The highest BCUT2D eigenvalue weighted by atomic mass is 16.4. The van der Waals surface area contributed by atoms with E-state index in [4.69, 9.17) is 10.2 Å². The van der Waals surface area contributed by atoms with E-state index in [1.54, 1.807) is 6.08 Å². The van der Waals surface area contributed by atoms with E-state index in [0.29, 0.717) is 12.5 Å². The zero-order chi connectivity index (χ0) is 18.1. The third-order valence-corrected chi connectivity index (χ3v) is 3.53. The second-order valence-electron chi connectivity index (χ2n) is 5.65. The van der Waals surface area contributed by atoms with E-state index in [0.717, 1.165) is 30.8 Å². The number of carboxylic acid groups (broad SMARTS) is 2. The predicted molar refractivity (Wildman–Crippen MR) is 89.2 cm³/mol. The third-order valence-electron chi connectivity index (χ3n) is 3.53. The largest absolute Gasteiger partial charge is 0.481 e. The van der Waals surface area contributed by atoms with E-state index in [-0.39, 0.29) is 18.5 Å². The van der Waals surface area contributed by atoms with Crippen molar-refractivity contribution in [3.05, 3.63) is 34.4 Å². The first kappa shape index (κ1) is 19.4.